The van der Waals surface area contributed by atoms with Gasteiger partial charge in [0.1, 0.15) is 6.04 Å². The lowest BCUT2D eigenvalue weighted by Crippen LogP contribution is -2.50. The molecule has 1 saturated heterocycles. The van der Waals surface area contributed by atoms with Crippen LogP contribution in [0.15, 0.2) is 0 Å². The molecule has 0 aromatic heterocycles. The van der Waals surface area contributed by atoms with E-state index in [2.05, 4.69) is 27.7 Å². The normalized spacial score (nSPS) is 25.4. The van der Waals surface area contributed by atoms with Gasteiger partial charge in [-0.3, -0.25) is 4.79 Å². The monoisotopic (exact) mass is 269 g/mol. The van der Waals surface area contributed by atoms with Crippen molar-refractivity contribution in [1.29, 1.82) is 0 Å². The van der Waals surface area contributed by atoms with Crippen LogP contribution in [-0.2, 0) is 9.59 Å². The van der Waals surface area contributed by atoms with Crippen molar-refractivity contribution in [2.45, 2.75) is 59.4 Å². The van der Waals surface area contributed by atoms with Gasteiger partial charge in [0.15, 0.2) is 0 Å². The third-order valence-corrected chi connectivity index (χ3v) is 4.37. The lowest BCUT2D eigenvalue weighted by molar-refractivity contribution is -0.153. The highest BCUT2D eigenvalue weighted by Crippen LogP contribution is 2.26. The fourth-order valence-corrected chi connectivity index (χ4v) is 2.87. The zero-order chi connectivity index (χ0) is 14.6. The van der Waals surface area contributed by atoms with E-state index in [0.29, 0.717) is 37.1 Å². The van der Waals surface area contributed by atoms with Gasteiger partial charge in [-0.1, -0.05) is 34.1 Å². The van der Waals surface area contributed by atoms with Crippen molar-refractivity contribution >= 4 is 11.9 Å². The Bertz CT molecular complexity index is 327. The van der Waals surface area contributed by atoms with Crippen molar-refractivity contribution < 1.29 is 14.7 Å². The van der Waals surface area contributed by atoms with Gasteiger partial charge in [-0.2, -0.15) is 0 Å². The number of hydrogen-bond acceptors (Lipinski definition) is 2. The molecule has 1 aliphatic heterocycles. The van der Waals surface area contributed by atoms with Gasteiger partial charge in [-0.25, -0.2) is 4.79 Å². The van der Waals surface area contributed by atoms with Crippen LogP contribution in [0.3, 0.4) is 0 Å². The highest BCUT2D eigenvalue weighted by atomic mass is 16.4. The molecule has 0 aliphatic carbocycles. The van der Waals surface area contributed by atoms with Crippen molar-refractivity contribution in [1.82, 2.24) is 4.90 Å². The number of likely N-dealkylation sites (tertiary alicyclic amines) is 1. The van der Waals surface area contributed by atoms with E-state index in [1.165, 1.54) is 0 Å². The van der Waals surface area contributed by atoms with Gasteiger partial charge in [-0.05, 0) is 30.6 Å². The van der Waals surface area contributed by atoms with Crippen LogP contribution in [0.25, 0.3) is 0 Å². The van der Waals surface area contributed by atoms with Gasteiger partial charge in [0.25, 0.3) is 0 Å². The highest BCUT2D eigenvalue weighted by Gasteiger charge is 2.35. The molecular formula is C15H27NO3. The molecule has 1 fully saturated rings. The number of hydrogen-bond donors (Lipinski definition) is 1. The second-order valence-electron chi connectivity index (χ2n) is 6.19. The number of carbonyl (C=O) groups is 2. The summed E-state index contributed by atoms with van der Waals surface area (Å²) in [4.78, 5) is 25.3. The number of carboxylic acid groups (broad SMARTS) is 1. The van der Waals surface area contributed by atoms with Crippen LogP contribution in [0.1, 0.15) is 53.4 Å². The molecule has 1 heterocycles. The average molecular weight is 269 g/mol. The molecule has 0 bridgehead atoms. The van der Waals surface area contributed by atoms with Gasteiger partial charge in [0.2, 0.25) is 5.91 Å². The summed E-state index contributed by atoms with van der Waals surface area (Å²) in [5.41, 5.74) is 0. The van der Waals surface area contributed by atoms with Crippen LogP contribution in [0.2, 0.25) is 0 Å². The minimum atomic E-state index is -0.863. The quantitative estimate of drug-likeness (QED) is 0.835. The van der Waals surface area contributed by atoms with E-state index in [1.54, 1.807) is 4.90 Å². The summed E-state index contributed by atoms with van der Waals surface area (Å²) in [6.07, 6.45) is 2.94. The average Bonchev–Trinajstić information content (AvgIpc) is 2.34. The summed E-state index contributed by atoms with van der Waals surface area (Å²) in [7, 11) is 0. The maximum Gasteiger partial charge on any atom is 0.326 e. The van der Waals surface area contributed by atoms with Crippen molar-refractivity contribution in [3.05, 3.63) is 0 Å². The molecule has 3 unspecified atom stereocenters. The lowest BCUT2D eigenvalue weighted by Gasteiger charge is -2.37. The Balaban J connectivity index is 2.70. The fraction of sp³-hybridized carbons (Fsp3) is 0.867. The van der Waals surface area contributed by atoms with Crippen molar-refractivity contribution in [3.63, 3.8) is 0 Å². The standard InChI is InChI=1S/C15H27NO3/c1-5-12(10(2)3)9-14(17)16-7-6-11(4)8-13(16)15(18)19/h10-13H,5-9H2,1-4H3,(H,18,19). The summed E-state index contributed by atoms with van der Waals surface area (Å²) in [5.74, 6) is 0.344. The molecule has 4 heteroatoms. The number of amides is 1. The van der Waals surface area contributed by atoms with E-state index in [0.717, 1.165) is 12.8 Å². The first-order valence-corrected chi connectivity index (χ1v) is 7.39. The fourth-order valence-electron chi connectivity index (χ4n) is 2.87. The third-order valence-electron chi connectivity index (χ3n) is 4.37. The number of piperidine rings is 1. The molecule has 0 radical (unpaired) electrons. The van der Waals surface area contributed by atoms with Crippen LogP contribution >= 0.6 is 0 Å². The molecule has 0 saturated carbocycles. The maximum atomic E-state index is 12.4. The zero-order valence-corrected chi connectivity index (χ0v) is 12.6. The van der Waals surface area contributed by atoms with Crippen molar-refractivity contribution in [3.8, 4) is 0 Å². The molecule has 1 rings (SSSR count). The summed E-state index contributed by atoms with van der Waals surface area (Å²) >= 11 is 0. The molecule has 1 aliphatic rings. The molecule has 0 aromatic rings. The Morgan fingerprint density at radius 3 is 2.47 bits per heavy atom. The first kappa shape index (κ1) is 16.0. The van der Waals surface area contributed by atoms with Crippen molar-refractivity contribution in [2.24, 2.45) is 17.8 Å². The van der Waals surface area contributed by atoms with Crippen LogP contribution in [0, 0.1) is 17.8 Å². The highest BCUT2D eigenvalue weighted by molar-refractivity contribution is 5.84. The predicted molar refractivity (Wildman–Crippen MR) is 74.8 cm³/mol. The Kier molecular flexibility index (Phi) is 5.83. The molecule has 19 heavy (non-hydrogen) atoms. The van der Waals surface area contributed by atoms with Gasteiger partial charge in [-0.15, -0.1) is 0 Å². The third kappa shape index (κ3) is 4.22. The number of nitrogens with zero attached hydrogens (tertiary/aromatic N) is 1. The topological polar surface area (TPSA) is 57.6 Å². The molecule has 0 aromatic carbocycles. The molecule has 3 atom stereocenters. The van der Waals surface area contributed by atoms with Crippen LogP contribution in [0.5, 0.6) is 0 Å². The Hall–Kier alpha value is -1.06. The van der Waals surface area contributed by atoms with E-state index in [-0.39, 0.29) is 5.91 Å². The molecule has 110 valence electrons. The number of carboxylic acids is 1. The van der Waals surface area contributed by atoms with E-state index in [4.69, 9.17) is 0 Å². The number of rotatable bonds is 5. The molecular weight excluding hydrogens is 242 g/mol. The van der Waals surface area contributed by atoms with E-state index in [1.807, 2.05) is 0 Å². The van der Waals surface area contributed by atoms with Crippen LogP contribution in [0.4, 0.5) is 0 Å². The molecule has 0 spiro atoms. The Morgan fingerprint density at radius 2 is 2.00 bits per heavy atom. The maximum absolute atomic E-state index is 12.4. The second kappa shape index (κ2) is 6.92. The van der Waals surface area contributed by atoms with Crippen LogP contribution in [-0.4, -0.2) is 34.5 Å². The van der Waals surface area contributed by atoms with E-state index in [9.17, 15) is 14.7 Å². The molecule has 1 amide bonds. The Morgan fingerprint density at radius 1 is 1.37 bits per heavy atom. The number of aliphatic carboxylic acids is 1. The Labute approximate surface area is 116 Å². The zero-order valence-electron chi connectivity index (χ0n) is 12.6. The second-order valence-corrected chi connectivity index (χ2v) is 6.19. The van der Waals surface area contributed by atoms with E-state index < -0.39 is 12.0 Å². The smallest absolute Gasteiger partial charge is 0.326 e. The number of carbonyl (C=O) groups excluding carboxylic acids is 1. The largest absolute Gasteiger partial charge is 0.480 e. The summed E-state index contributed by atoms with van der Waals surface area (Å²) in [6, 6.07) is -0.624. The van der Waals surface area contributed by atoms with Gasteiger partial charge >= 0.3 is 5.97 Å². The lowest BCUT2D eigenvalue weighted by atomic mass is 9.87. The minimum absolute atomic E-state index is 0.0138. The van der Waals surface area contributed by atoms with Gasteiger partial charge in [0, 0.05) is 13.0 Å². The first-order valence-electron chi connectivity index (χ1n) is 7.39. The summed E-state index contributed by atoms with van der Waals surface area (Å²) < 4.78 is 0. The predicted octanol–water partition coefficient (Wildman–Crippen LogP) is 2.77. The van der Waals surface area contributed by atoms with E-state index >= 15 is 0 Å². The molecule has 4 nitrogen and oxygen atoms in total. The summed E-state index contributed by atoms with van der Waals surface area (Å²) in [5, 5.41) is 9.28. The first-order chi connectivity index (χ1) is 8.86. The van der Waals surface area contributed by atoms with Crippen molar-refractivity contribution in [2.75, 3.05) is 6.54 Å². The van der Waals surface area contributed by atoms with Crippen LogP contribution < -0.4 is 0 Å². The summed E-state index contributed by atoms with van der Waals surface area (Å²) in [6.45, 7) is 8.97. The van der Waals surface area contributed by atoms with Gasteiger partial charge in [0.05, 0.1) is 0 Å². The minimum Gasteiger partial charge on any atom is -0.480 e. The molecule has 1 N–H and O–H groups in total. The SMILES string of the molecule is CCC(CC(=O)N1CCC(C)CC1C(=O)O)C(C)C. The van der Waals surface area contributed by atoms with Gasteiger partial charge < -0.3 is 10.0 Å².